The van der Waals surface area contributed by atoms with Crippen LogP contribution in [0.4, 0.5) is 0 Å². The van der Waals surface area contributed by atoms with Crippen LogP contribution in [0.25, 0.3) is 0 Å². The summed E-state index contributed by atoms with van der Waals surface area (Å²) in [6, 6.07) is 3.46. The van der Waals surface area contributed by atoms with Crippen LogP contribution in [-0.2, 0) is 16.6 Å². The largest absolute Gasteiger partial charge is 0.313 e. The van der Waals surface area contributed by atoms with Gasteiger partial charge < -0.3 is 5.32 Å². The summed E-state index contributed by atoms with van der Waals surface area (Å²) >= 11 is 1.79. The first-order valence-corrected chi connectivity index (χ1v) is 9.40. The zero-order valence-electron chi connectivity index (χ0n) is 11.9. The van der Waals surface area contributed by atoms with E-state index in [4.69, 9.17) is 0 Å². The monoisotopic (exact) mass is 315 g/mol. The molecular weight excluding hydrogens is 294 g/mol. The van der Waals surface area contributed by atoms with E-state index in [-0.39, 0.29) is 11.1 Å². The van der Waals surface area contributed by atoms with Crippen LogP contribution in [0.5, 0.6) is 0 Å². The molecule has 0 bridgehead atoms. The predicted octanol–water partition coefficient (Wildman–Crippen LogP) is 1.32. The Morgan fingerprint density at radius 2 is 2.30 bits per heavy atom. The molecule has 0 aliphatic carbocycles. The SMILES string of the molecule is CCNCc1ccc(S(=O)(=O)N2CCSCC2C)nc1. The molecule has 1 atom stereocenters. The van der Waals surface area contributed by atoms with Gasteiger partial charge in [-0.3, -0.25) is 0 Å². The van der Waals surface area contributed by atoms with Crippen LogP contribution in [0.15, 0.2) is 23.4 Å². The molecule has 1 aliphatic rings. The molecule has 1 aromatic rings. The van der Waals surface area contributed by atoms with Crippen molar-refractivity contribution >= 4 is 21.8 Å². The lowest BCUT2D eigenvalue weighted by molar-refractivity contribution is 0.366. The lowest BCUT2D eigenvalue weighted by Crippen LogP contribution is -2.44. The van der Waals surface area contributed by atoms with Crippen molar-refractivity contribution < 1.29 is 8.42 Å². The molecule has 1 saturated heterocycles. The third-order valence-electron chi connectivity index (χ3n) is 3.26. The standard InChI is InChI=1S/C13H21N3O2S2/c1-3-14-8-12-4-5-13(15-9-12)20(17,18)16-6-7-19-10-11(16)2/h4-5,9,11,14H,3,6-8,10H2,1-2H3. The first kappa shape index (κ1) is 15.8. The molecule has 1 N–H and O–H groups in total. The van der Waals surface area contributed by atoms with Gasteiger partial charge in [-0.05, 0) is 25.1 Å². The van der Waals surface area contributed by atoms with Crippen LogP contribution in [0.1, 0.15) is 19.4 Å². The first-order chi connectivity index (χ1) is 9.55. The van der Waals surface area contributed by atoms with Crippen LogP contribution < -0.4 is 5.32 Å². The molecule has 0 amide bonds. The van der Waals surface area contributed by atoms with Gasteiger partial charge in [0.2, 0.25) is 0 Å². The average Bonchev–Trinajstić information content (AvgIpc) is 2.46. The van der Waals surface area contributed by atoms with Gasteiger partial charge >= 0.3 is 0 Å². The van der Waals surface area contributed by atoms with Gasteiger partial charge in [-0.15, -0.1) is 0 Å². The minimum absolute atomic E-state index is 0.0296. The second-order valence-corrected chi connectivity index (χ2v) is 7.81. The summed E-state index contributed by atoms with van der Waals surface area (Å²) in [5.74, 6) is 1.69. The molecule has 0 spiro atoms. The summed E-state index contributed by atoms with van der Waals surface area (Å²) < 4.78 is 26.7. The van der Waals surface area contributed by atoms with E-state index in [9.17, 15) is 8.42 Å². The molecule has 7 heteroatoms. The number of pyridine rings is 1. The molecule has 0 aromatic carbocycles. The lowest BCUT2D eigenvalue weighted by Gasteiger charge is -2.31. The molecule has 2 heterocycles. The molecule has 1 aromatic heterocycles. The highest BCUT2D eigenvalue weighted by Gasteiger charge is 2.32. The second-order valence-electron chi connectivity index (χ2n) is 4.82. The Morgan fingerprint density at radius 3 is 2.90 bits per heavy atom. The minimum Gasteiger partial charge on any atom is -0.313 e. The van der Waals surface area contributed by atoms with Gasteiger partial charge in [0.15, 0.2) is 5.03 Å². The third kappa shape index (κ3) is 3.52. The van der Waals surface area contributed by atoms with E-state index in [1.54, 1.807) is 28.3 Å². The number of hydrogen-bond acceptors (Lipinski definition) is 5. The van der Waals surface area contributed by atoms with E-state index in [1.807, 2.05) is 19.9 Å². The molecule has 0 radical (unpaired) electrons. The third-order valence-corrected chi connectivity index (χ3v) is 6.38. The van der Waals surface area contributed by atoms with Gasteiger partial charge in [0.1, 0.15) is 0 Å². The highest BCUT2D eigenvalue weighted by molar-refractivity contribution is 7.99. The fourth-order valence-electron chi connectivity index (χ4n) is 2.13. The Morgan fingerprint density at radius 1 is 1.50 bits per heavy atom. The fourth-order valence-corrected chi connectivity index (χ4v) is 4.90. The van der Waals surface area contributed by atoms with Crippen molar-refractivity contribution in [1.29, 1.82) is 0 Å². The Hall–Kier alpha value is -0.630. The number of hydrogen-bond donors (Lipinski definition) is 1. The maximum atomic E-state index is 12.6. The topological polar surface area (TPSA) is 62.3 Å². The zero-order valence-corrected chi connectivity index (χ0v) is 13.5. The molecule has 1 unspecified atom stereocenters. The predicted molar refractivity (Wildman–Crippen MR) is 82.3 cm³/mol. The summed E-state index contributed by atoms with van der Waals surface area (Å²) in [6.07, 6.45) is 1.64. The number of nitrogens with one attached hydrogen (secondary N) is 1. The van der Waals surface area contributed by atoms with E-state index < -0.39 is 10.0 Å². The van der Waals surface area contributed by atoms with Crippen molar-refractivity contribution in [1.82, 2.24) is 14.6 Å². The number of aromatic nitrogens is 1. The van der Waals surface area contributed by atoms with Gasteiger partial charge in [0, 0.05) is 36.8 Å². The minimum atomic E-state index is -3.46. The van der Waals surface area contributed by atoms with Gasteiger partial charge in [0.05, 0.1) is 0 Å². The van der Waals surface area contributed by atoms with Crippen molar-refractivity contribution in [2.45, 2.75) is 31.5 Å². The number of nitrogens with zero attached hydrogens (tertiary/aromatic N) is 2. The Balaban J connectivity index is 2.16. The second kappa shape index (κ2) is 6.89. The van der Waals surface area contributed by atoms with Crippen molar-refractivity contribution in [3.8, 4) is 0 Å². The molecule has 5 nitrogen and oxygen atoms in total. The van der Waals surface area contributed by atoms with Crippen molar-refractivity contribution in [3.63, 3.8) is 0 Å². The number of sulfonamides is 1. The van der Waals surface area contributed by atoms with E-state index in [1.165, 1.54) is 0 Å². The summed E-state index contributed by atoms with van der Waals surface area (Å²) in [6.45, 7) is 6.13. The van der Waals surface area contributed by atoms with Crippen molar-refractivity contribution in [3.05, 3.63) is 23.9 Å². The van der Waals surface area contributed by atoms with Crippen LogP contribution in [0, 0.1) is 0 Å². The Bertz CT molecular complexity index is 531. The van der Waals surface area contributed by atoms with Gasteiger partial charge in [-0.1, -0.05) is 13.0 Å². The van der Waals surface area contributed by atoms with Gasteiger partial charge in [0.25, 0.3) is 10.0 Å². The quantitative estimate of drug-likeness (QED) is 0.888. The van der Waals surface area contributed by atoms with Crippen molar-refractivity contribution in [2.24, 2.45) is 0 Å². The molecule has 0 saturated carbocycles. The Labute approximate surface area is 125 Å². The molecule has 1 fully saturated rings. The smallest absolute Gasteiger partial charge is 0.260 e. The molecule has 2 rings (SSSR count). The molecular formula is C13H21N3O2S2. The van der Waals surface area contributed by atoms with E-state index >= 15 is 0 Å². The molecule has 20 heavy (non-hydrogen) atoms. The van der Waals surface area contributed by atoms with Gasteiger partial charge in [-0.2, -0.15) is 16.1 Å². The highest BCUT2D eigenvalue weighted by atomic mass is 32.2. The highest BCUT2D eigenvalue weighted by Crippen LogP contribution is 2.23. The fraction of sp³-hybridized carbons (Fsp3) is 0.615. The normalized spacial score (nSPS) is 21.0. The van der Waals surface area contributed by atoms with Crippen molar-refractivity contribution in [2.75, 3.05) is 24.6 Å². The number of thioether (sulfide) groups is 1. The lowest BCUT2D eigenvalue weighted by atomic mass is 10.3. The zero-order chi connectivity index (χ0) is 14.6. The Kier molecular flexibility index (Phi) is 5.42. The van der Waals surface area contributed by atoms with Crippen LogP contribution >= 0.6 is 11.8 Å². The van der Waals surface area contributed by atoms with E-state index in [2.05, 4.69) is 10.3 Å². The maximum absolute atomic E-state index is 12.6. The van der Waals surface area contributed by atoms with E-state index in [0.717, 1.165) is 23.6 Å². The average molecular weight is 315 g/mol. The first-order valence-electron chi connectivity index (χ1n) is 6.81. The molecule has 1 aliphatic heterocycles. The summed E-state index contributed by atoms with van der Waals surface area (Å²) in [4.78, 5) is 4.14. The van der Waals surface area contributed by atoms with Gasteiger partial charge in [-0.25, -0.2) is 13.4 Å². The van der Waals surface area contributed by atoms with Crippen LogP contribution in [0.2, 0.25) is 0 Å². The van der Waals surface area contributed by atoms with E-state index in [0.29, 0.717) is 13.1 Å². The molecule has 112 valence electrons. The summed E-state index contributed by atoms with van der Waals surface area (Å²) in [7, 11) is -3.46. The summed E-state index contributed by atoms with van der Waals surface area (Å²) in [5.41, 5.74) is 0.994. The van der Waals surface area contributed by atoms with Crippen LogP contribution in [0.3, 0.4) is 0 Å². The summed E-state index contributed by atoms with van der Waals surface area (Å²) in [5, 5.41) is 3.34. The number of rotatable bonds is 5. The van der Waals surface area contributed by atoms with Crippen LogP contribution in [-0.4, -0.2) is 48.3 Å². The maximum Gasteiger partial charge on any atom is 0.260 e.